The van der Waals surface area contributed by atoms with Crippen molar-refractivity contribution in [3.05, 3.63) is 23.8 Å². The summed E-state index contributed by atoms with van der Waals surface area (Å²) in [5.41, 5.74) is 12.3. The fourth-order valence-electron chi connectivity index (χ4n) is 7.68. The molecule has 7 N–H and O–H groups in total. The number of amides is 4. The van der Waals surface area contributed by atoms with Crippen molar-refractivity contribution in [2.45, 2.75) is 245 Å². The Bertz CT molecular complexity index is 1130. The van der Waals surface area contributed by atoms with Crippen molar-refractivity contribution in [1.82, 2.24) is 5.32 Å². The monoisotopic (exact) mass is 812 g/mol. The fourth-order valence-corrected chi connectivity index (χ4v) is 7.68. The second-order valence-electron chi connectivity index (χ2n) is 17.0. The van der Waals surface area contributed by atoms with Crippen molar-refractivity contribution in [1.29, 1.82) is 0 Å². The molecular weight excluding hydrogens is 723 g/mol. The van der Waals surface area contributed by atoms with Crippen LogP contribution < -0.4 is 27.4 Å². The zero-order valence-corrected chi connectivity index (χ0v) is 37.6. The Hall–Kier alpha value is -2.94. The summed E-state index contributed by atoms with van der Waals surface area (Å²) < 4.78 is 0. The van der Waals surface area contributed by atoms with Crippen LogP contribution in [0.2, 0.25) is 0 Å². The number of anilines is 2. The molecule has 0 saturated heterocycles. The van der Waals surface area contributed by atoms with E-state index in [9.17, 15) is 19.2 Å². The molecule has 0 radical (unpaired) electrons. The molecule has 0 aliphatic heterocycles. The number of unbranched alkanes of at least 4 members (excludes halogenated alkanes) is 29. The van der Waals surface area contributed by atoms with E-state index in [-0.39, 0.29) is 17.4 Å². The van der Waals surface area contributed by atoms with Gasteiger partial charge in [-0.1, -0.05) is 194 Å². The maximum absolute atomic E-state index is 13.4. The van der Waals surface area contributed by atoms with Crippen LogP contribution in [0.3, 0.4) is 0 Å². The van der Waals surface area contributed by atoms with Gasteiger partial charge in [0.2, 0.25) is 17.7 Å². The van der Waals surface area contributed by atoms with Gasteiger partial charge in [0.1, 0.15) is 6.04 Å². The van der Waals surface area contributed by atoms with Crippen molar-refractivity contribution in [3.63, 3.8) is 0 Å². The van der Waals surface area contributed by atoms with Crippen LogP contribution in [-0.4, -0.2) is 36.2 Å². The Morgan fingerprint density at radius 3 is 1.10 bits per heavy atom. The summed E-state index contributed by atoms with van der Waals surface area (Å²) in [6.07, 6.45) is 40.5. The molecule has 1 rings (SSSR count). The van der Waals surface area contributed by atoms with Gasteiger partial charge in [-0.25, -0.2) is 0 Å². The normalized spacial score (nSPS) is 11.7. The second-order valence-corrected chi connectivity index (χ2v) is 17.0. The Morgan fingerprint density at radius 2 is 0.793 bits per heavy atom. The highest BCUT2D eigenvalue weighted by molar-refractivity contribution is 6.01. The van der Waals surface area contributed by atoms with Gasteiger partial charge in [0.25, 0.3) is 5.91 Å². The van der Waals surface area contributed by atoms with E-state index < -0.39 is 17.9 Å². The number of hydrogen-bond acceptors (Lipinski definition) is 5. The first-order chi connectivity index (χ1) is 28.3. The van der Waals surface area contributed by atoms with E-state index in [0.29, 0.717) is 43.6 Å². The summed E-state index contributed by atoms with van der Waals surface area (Å²) in [5.74, 6) is -1.36. The largest absolute Gasteiger partial charge is 0.368 e. The van der Waals surface area contributed by atoms with Gasteiger partial charge in [0.05, 0.1) is 0 Å². The van der Waals surface area contributed by atoms with Crippen LogP contribution in [0.1, 0.15) is 249 Å². The molecule has 9 heteroatoms. The average Bonchev–Trinajstić information content (AvgIpc) is 3.20. The number of carbonyl (C=O) groups excluding carboxylic acids is 4. The molecule has 0 aliphatic carbocycles. The third-order valence-electron chi connectivity index (χ3n) is 11.4. The van der Waals surface area contributed by atoms with Crippen molar-refractivity contribution in [3.8, 4) is 0 Å². The lowest BCUT2D eigenvalue weighted by molar-refractivity contribution is -0.120. The highest BCUT2D eigenvalue weighted by atomic mass is 16.2. The van der Waals surface area contributed by atoms with Crippen molar-refractivity contribution in [2.24, 2.45) is 11.5 Å². The molecule has 9 nitrogen and oxygen atoms in total. The molecule has 0 spiro atoms. The van der Waals surface area contributed by atoms with E-state index >= 15 is 0 Å². The first kappa shape index (κ1) is 53.1. The van der Waals surface area contributed by atoms with Crippen LogP contribution in [0, 0.1) is 0 Å². The molecule has 4 amide bonds. The predicted octanol–water partition coefficient (Wildman–Crippen LogP) is 12.8. The van der Waals surface area contributed by atoms with Crippen molar-refractivity contribution >= 4 is 35.0 Å². The first-order valence-corrected chi connectivity index (χ1v) is 24.4. The molecule has 0 heterocycles. The van der Waals surface area contributed by atoms with Crippen LogP contribution in [-0.2, 0) is 14.4 Å². The SMILES string of the molecule is CCCCCCCCCCCCCCCCCC(=O)Nc1cc(NC(=O)CCCCCCCCCCCCCCCCC)cc(C(=O)NC(CCCCN)C(N)=O)c1. The van der Waals surface area contributed by atoms with Crippen LogP contribution in [0.5, 0.6) is 0 Å². The van der Waals surface area contributed by atoms with E-state index in [4.69, 9.17) is 11.5 Å². The minimum absolute atomic E-state index is 0.126. The standard InChI is InChI=1S/C49H89N5O4/c1-3-5-7-9-11-13-15-17-19-21-23-25-27-29-31-36-46(55)52-43-39-42(49(58)54-45(48(51)57)35-33-34-38-50)40-44(41-43)53-47(56)37-32-30-28-26-24-22-20-18-16-14-12-10-8-6-4-2/h39-41,45H,3-38,50H2,1-2H3,(H2,51,57)(H,52,55)(H,53,56)(H,54,58). The van der Waals surface area contributed by atoms with Gasteiger partial charge < -0.3 is 27.4 Å². The zero-order chi connectivity index (χ0) is 42.3. The number of hydrogen-bond donors (Lipinski definition) is 5. The van der Waals surface area contributed by atoms with Gasteiger partial charge in [0, 0.05) is 29.8 Å². The summed E-state index contributed by atoms with van der Waals surface area (Å²) in [6.45, 7) is 5.02. The Labute approximate surface area is 355 Å². The van der Waals surface area contributed by atoms with E-state index in [2.05, 4.69) is 29.8 Å². The molecule has 1 unspecified atom stereocenters. The van der Waals surface area contributed by atoms with Crippen LogP contribution in [0.15, 0.2) is 18.2 Å². The van der Waals surface area contributed by atoms with Crippen LogP contribution in [0.4, 0.5) is 11.4 Å². The Morgan fingerprint density at radius 1 is 0.466 bits per heavy atom. The number of benzene rings is 1. The molecule has 0 bridgehead atoms. The van der Waals surface area contributed by atoms with E-state index in [1.54, 1.807) is 18.2 Å². The number of nitrogens with one attached hydrogen (secondary N) is 3. The molecule has 0 aromatic heterocycles. The number of primary amides is 1. The average molecular weight is 812 g/mol. The third-order valence-corrected chi connectivity index (χ3v) is 11.4. The highest BCUT2D eigenvalue weighted by Crippen LogP contribution is 2.22. The maximum atomic E-state index is 13.4. The van der Waals surface area contributed by atoms with E-state index in [1.807, 2.05) is 0 Å². The van der Waals surface area contributed by atoms with Gasteiger partial charge >= 0.3 is 0 Å². The van der Waals surface area contributed by atoms with Crippen molar-refractivity contribution in [2.75, 3.05) is 17.2 Å². The summed E-state index contributed by atoms with van der Waals surface area (Å²) in [5, 5.41) is 8.63. The molecule has 0 fully saturated rings. The van der Waals surface area contributed by atoms with Crippen molar-refractivity contribution < 1.29 is 19.2 Å². The van der Waals surface area contributed by atoms with Gasteiger partial charge in [0.15, 0.2) is 0 Å². The molecule has 0 aliphatic rings. The minimum atomic E-state index is -0.842. The molecule has 1 aromatic rings. The van der Waals surface area contributed by atoms with E-state index in [0.717, 1.165) is 44.9 Å². The number of nitrogens with two attached hydrogens (primary N) is 2. The molecule has 0 saturated carbocycles. The Kier molecular flexibility index (Phi) is 35.0. The van der Waals surface area contributed by atoms with Gasteiger partial charge in [-0.15, -0.1) is 0 Å². The van der Waals surface area contributed by atoms with Crippen LogP contribution in [0.25, 0.3) is 0 Å². The molecule has 58 heavy (non-hydrogen) atoms. The lowest BCUT2D eigenvalue weighted by atomic mass is 10.0. The quantitative estimate of drug-likeness (QED) is 0.0416. The smallest absolute Gasteiger partial charge is 0.252 e. The number of carbonyl (C=O) groups is 4. The third kappa shape index (κ3) is 31.0. The minimum Gasteiger partial charge on any atom is -0.368 e. The van der Waals surface area contributed by atoms with E-state index in [1.165, 1.54) is 154 Å². The fraction of sp³-hybridized carbons (Fsp3) is 0.796. The maximum Gasteiger partial charge on any atom is 0.252 e. The molecule has 1 atom stereocenters. The van der Waals surface area contributed by atoms with Gasteiger partial charge in [-0.05, 0) is 56.8 Å². The predicted molar refractivity (Wildman–Crippen MR) is 246 cm³/mol. The number of rotatable bonds is 41. The first-order valence-electron chi connectivity index (χ1n) is 24.4. The zero-order valence-electron chi connectivity index (χ0n) is 37.6. The van der Waals surface area contributed by atoms with Gasteiger partial charge in [-0.2, -0.15) is 0 Å². The lowest BCUT2D eigenvalue weighted by Gasteiger charge is -2.17. The summed E-state index contributed by atoms with van der Waals surface area (Å²) in [6, 6.07) is 4.02. The second kappa shape index (κ2) is 38.3. The topological polar surface area (TPSA) is 156 Å². The van der Waals surface area contributed by atoms with Crippen LogP contribution >= 0.6 is 0 Å². The lowest BCUT2D eigenvalue weighted by Crippen LogP contribution is -2.44. The summed E-state index contributed by atoms with van der Waals surface area (Å²) in [4.78, 5) is 51.4. The molecular formula is C49H89N5O4. The Balaban J connectivity index is 2.52. The summed E-state index contributed by atoms with van der Waals surface area (Å²) >= 11 is 0. The molecule has 334 valence electrons. The summed E-state index contributed by atoms with van der Waals surface area (Å²) in [7, 11) is 0. The molecule has 1 aromatic carbocycles. The van der Waals surface area contributed by atoms with Gasteiger partial charge in [-0.3, -0.25) is 19.2 Å². The highest BCUT2D eigenvalue weighted by Gasteiger charge is 2.20.